The number of aromatic nitrogens is 8. The minimum absolute atomic E-state index is 0.0583. The molecule has 4 aromatic heterocycles. The van der Waals surface area contributed by atoms with E-state index in [-0.39, 0.29) is 16.8 Å². The van der Waals surface area contributed by atoms with E-state index < -0.39 is 16.9 Å². The van der Waals surface area contributed by atoms with Gasteiger partial charge in [-0.15, -0.1) is 0 Å². The fraction of sp³-hybridized carbons (Fsp3) is 0.0909. The predicted octanol–water partition coefficient (Wildman–Crippen LogP) is -1.53. The van der Waals surface area contributed by atoms with E-state index in [4.69, 9.17) is 0 Å². The first-order valence-corrected chi connectivity index (χ1v) is 6.19. The molecule has 0 bridgehead atoms. The minimum Gasteiger partial charge on any atom is -0.308 e. The van der Waals surface area contributed by atoms with Gasteiger partial charge in [-0.05, 0) is 6.92 Å². The Balaban J connectivity index is 2.15. The summed E-state index contributed by atoms with van der Waals surface area (Å²) in [5.41, 5.74) is -0.229. The van der Waals surface area contributed by atoms with Gasteiger partial charge in [0.15, 0.2) is 16.8 Å². The molecule has 11 nitrogen and oxygen atoms in total. The van der Waals surface area contributed by atoms with Crippen molar-refractivity contribution in [2.24, 2.45) is 0 Å². The van der Waals surface area contributed by atoms with Crippen molar-refractivity contribution in [3.8, 4) is 0 Å². The Morgan fingerprint density at radius 1 is 0.955 bits per heavy atom. The molecule has 0 aliphatic rings. The van der Waals surface area contributed by atoms with Gasteiger partial charge < -0.3 is 4.98 Å². The van der Waals surface area contributed by atoms with Gasteiger partial charge in [-0.1, -0.05) is 0 Å². The average Bonchev–Trinajstić information content (AvgIpc) is 3.02. The lowest BCUT2D eigenvalue weighted by molar-refractivity contribution is 0.684. The second-order valence-electron chi connectivity index (χ2n) is 4.62. The van der Waals surface area contributed by atoms with Crippen LogP contribution >= 0.6 is 0 Å². The van der Waals surface area contributed by atoms with E-state index in [1.807, 2.05) is 0 Å². The van der Waals surface area contributed by atoms with E-state index in [1.54, 1.807) is 6.92 Å². The van der Waals surface area contributed by atoms with Gasteiger partial charge in [-0.2, -0.15) is 4.98 Å². The maximum atomic E-state index is 11.7. The third-order valence-corrected chi connectivity index (χ3v) is 3.24. The number of fused-ring (bicyclic) bond motifs is 2. The summed E-state index contributed by atoms with van der Waals surface area (Å²) >= 11 is 0. The maximum absolute atomic E-state index is 11.7. The molecule has 22 heavy (non-hydrogen) atoms. The molecule has 0 fully saturated rings. The summed E-state index contributed by atoms with van der Waals surface area (Å²) in [6, 6.07) is 0. The number of rotatable bonds is 1. The fourth-order valence-corrected chi connectivity index (χ4v) is 2.29. The standard InChI is InChI=1S/C11H8N8O3/c1-4-5-7(15-10(21)14-4)18(2-12-5)19-3-13-6-8(19)16-11(22)17-9(6)20/h2-3H,1H3,(H,14,15,21)(H2,16,17,20,22). The number of H-pyrrole nitrogens is 3. The number of aromatic amines is 3. The van der Waals surface area contributed by atoms with Gasteiger partial charge in [-0.3, -0.25) is 14.8 Å². The van der Waals surface area contributed by atoms with Gasteiger partial charge in [0, 0.05) is 5.69 Å². The van der Waals surface area contributed by atoms with Gasteiger partial charge in [0.1, 0.15) is 18.2 Å². The molecule has 0 saturated heterocycles. The SMILES string of the molecule is Cc1[nH]c(=O)nc2c1ncn2-n1cnc2c(=O)[nH]c(=O)[nH]c21. The highest BCUT2D eigenvalue weighted by Crippen LogP contribution is 2.13. The van der Waals surface area contributed by atoms with E-state index in [2.05, 4.69) is 29.9 Å². The number of nitrogens with one attached hydrogen (secondary N) is 3. The molecular weight excluding hydrogens is 292 g/mol. The van der Waals surface area contributed by atoms with Crippen LogP contribution < -0.4 is 16.9 Å². The molecule has 3 N–H and O–H groups in total. The summed E-state index contributed by atoms with van der Waals surface area (Å²) in [5.74, 6) is 0. The smallest absolute Gasteiger partial charge is 0.308 e. The molecule has 4 rings (SSSR count). The van der Waals surface area contributed by atoms with Crippen LogP contribution in [0.4, 0.5) is 0 Å². The second kappa shape index (κ2) is 4.00. The van der Waals surface area contributed by atoms with Crippen LogP contribution in [0.2, 0.25) is 0 Å². The molecule has 4 aromatic rings. The average molecular weight is 300 g/mol. The number of imidazole rings is 2. The molecule has 0 spiro atoms. The Kier molecular flexibility index (Phi) is 2.23. The lowest BCUT2D eigenvalue weighted by Crippen LogP contribution is -2.23. The summed E-state index contributed by atoms with van der Waals surface area (Å²) < 4.78 is 2.80. The normalized spacial score (nSPS) is 11.5. The molecule has 110 valence electrons. The van der Waals surface area contributed by atoms with Crippen molar-refractivity contribution in [2.45, 2.75) is 6.92 Å². The summed E-state index contributed by atoms with van der Waals surface area (Å²) in [4.78, 5) is 53.8. The molecule has 4 heterocycles. The third-order valence-electron chi connectivity index (χ3n) is 3.24. The van der Waals surface area contributed by atoms with Crippen LogP contribution in [0.25, 0.3) is 22.3 Å². The van der Waals surface area contributed by atoms with Gasteiger partial charge in [-0.25, -0.2) is 28.9 Å². The van der Waals surface area contributed by atoms with Crippen LogP contribution in [0.5, 0.6) is 0 Å². The van der Waals surface area contributed by atoms with Crippen molar-refractivity contribution in [2.75, 3.05) is 0 Å². The Morgan fingerprint density at radius 3 is 2.50 bits per heavy atom. The van der Waals surface area contributed by atoms with Crippen LogP contribution in [-0.2, 0) is 0 Å². The minimum atomic E-state index is -0.661. The molecule has 0 aromatic carbocycles. The van der Waals surface area contributed by atoms with E-state index in [0.717, 1.165) is 0 Å². The Labute approximate surface area is 119 Å². The van der Waals surface area contributed by atoms with Crippen LogP contribution in [0.1, 0.15) is 5.69 Å². The molecule has 0 amide bonds. The maximum Gasteiger partial charge on any atom is 0.347 e. The summed E-state index contributed by atoms with van der Waals surface area (Å²) in [7, 11) is 0. The van der Waals surface area contributed by atoms with Gasteiger partial charge in [0.05, 0.1) is 0 Å². The van der Waals surface area contributed by atoms with E-state index in [1.165, 1.54) is 22.0 Å². The quantitative estimate of drug-likeness (QED) is 0.388. The highest BCUT2D eigenvalue weighted by atomic mass is 16.2. The Hall–Kier alpha value is -3.50. The highest BCUT2D eigenvalue weighted by molar-refractivity contribution is 5.74. The van der Waals surface area contributed by atoms with E-state index >= 15 is 0 Å². The highest BCUT2D eigenvalue weighted by Gasteiger charge is 2.14. The molecule has 0 aliphatic carbocycles. The van der Waals surface area contributed by atoms with Gasteiger partial charge >= 0.3 is 11.4 Å². The summed E-state index contributed by atoms with van der Waals surface area (Å²) in [6.07, 6.45) is 2.74. The first-order chi connectivity index (χ1) is 10.5. The zero-order valence-corrected chi connectivity index (χ0v) is 11.1. The van der Waals surface area contributed by atoms with Crippen molar-refractivity contribution in [1.82, 2.24) is 39.3 Å². The molecule has 0 atom stereocenters. The number of hydrogen-bond acceptors (Lipinski definition) is 6. The molecular formula is C11H8N8O3. The fourth-order valence-electron chi connectivity index (χ4n) is 2.29. The number of aryl methyl sites for hydroxylation is 1. The topological polar surface area (TPSA) is 147 Å². The Morgan fingerprint density at radius 2 is 1.68 bits per heavy atom. The van der Waals surface area contributed by atoms with Crippen molar-refractivity contribution in [3.63, 3.8) is 0 Å². The molecule has 11 heteroatoms. The van der Waals surface area contributed by atoms with Crippen molar-refractivity contribution < 1.29 is 0 Å². The molecule has 0 saturated carbocycles. The summed E-state index contributed by atoms with van der Waals surface area (Å²) in [6.45, 7) is 1.70. The summed E-state index contributed by atoms with van der Waals surface area (Å²) in [5, 5.41) is 0. The number of nitrogens with zero attached hydrogens (tertiary/aromatic N) is 5. The lowest BCUT2D eigenvalue weighted by atomic mass is 10.4. The third kappa shape index (κ3) is 1.55. The van der Waals surface area contributed by atoms with E-state index in [9.17, 15) is 14.4 Å². The molecule has 0 aliphatic heterocycles. The Bertz CT molecular complexity index is 1200. The van der Waals surface area contributed by atoms with Crippen LogP contribution in [0.3, 0.4) is 0 Å². The predicted molar refractivity (Wildman–Crippen MR) is 74.7 cm³/mol. The first kappa shape index (κ1) is 12.3. The van der Waals surface area contributed by atoms with Gasteiger partial charge in [0.2, 0.25) is 0 Å². The van der Waals surface area contributed by atoms with Crippen LogP contribution in [0.15, 0.2) is 27.0 Å². The lowest BCUT2D eigenvalue weighted by Gasteiger charge is -2.04. The van der Waals surface area contributed by atoms with Gasteiger partial charge in [0.25, 0.3) is 5.56 Å². The molecule has 0 unspecified atom stereocenters. The monoisotopic (exact) mass is 300 g/mol. The van der Waals surface area contributed by atoms with Crippen molar-refractivity contribution in [1.29, 1.82) is 0 Å². The second-order valence-corrected chi connectivity index (χ2v) is 4.62. The van der Waals surface area contributed by atoms with Crippen molar-refractivity contribution in [3.05, 3.63) is 49.7 Å². The van der Waals surface area contributed by atoms with Crippen LogP contribution in [0, 0.1) is 6.92 Å². The molecule has 0 radical (unpaired) electrons. The largest absolute Gasteiger partial charge is 0.347 e. The number of hydrogen-bond donors (Lipinski definition) is 3. The zero-order valence-electron chi connectivity index (χ0n) is 11.1. The van der Waals surface area contributed by atoms with E-state index in [0.29, 0.717) is 11.2 Å². The first-order valence-electron chi connectivity index (χ1n) is 6.19. The van der Waals surface area contributed by atoms with Crippen molar-refractivity contribution >= 4 is 22.3 Å². The van der Waals surface area contributed by atoms with Crippen LogP contribution in [-0.4, -0.2) is 39.3 Å². The zero-order chi connectivity index (χ0) is 15.4.